The topological polar surface area (TPSA) is 51.2 Å². The molecule has 0 spiro atoms. The Bertz CT molecular complexity index is 715. The van der Waals surface area contributed by atoms with E-state index in [1.165, 1.54) is 0 Å². The highest BCUT2D eigenvalue weighted by Gasteiger charge is 2.27. The fourth-order valence-corrected chi connectivity index (χ4v) is 3.67. The summed E-state index contributed by atoms with van der Waals surface area (Å²) in [6, 6.07) is 12.4. The second-order valence-electron chi connectivity index (χ2n) is 5.23. The number of thiol groups is 1. The van der Waals surface area contributed by atoms with Crippen molar-refractivity contribution < 1.29 is 13.2 Å². The van der Waals surface area contributed by atoms with Crippen molar-refractivity contribution in [2.75, 3.05) is 0 Å². The first kappa shape index (κ1) is 15.4. The molecule has 21 heavy (non-hydrogen) atoms. The average Bonchev–Trinajstić information content (AvgIpc) is 2.42. The van der Waals surface area contributed by atoms with Gasteiger partial charge in [-0.25, -0.2) is 8.42 Å². The molecule has 2 aromatic carbocycles. The number of Topliss-reactive ketones (excluding diaryl/α,β-unsaturated/α-hetero) is 1. The summed E-state index contributed by atoms with van der Waals surface area (Å²) in [5.74, 6) is -0.373. The van der Waals surface area contributed by atoms with Crippen molar-refractivity contribution in [3.05, 3.63) is 70.3 Å². The highest BCUT2D eigenvalue weighted by molar-refractivity contribution is 7.73. The molecule has 3 nitrogen and oxygen atoms in total. The van der Waals surface area contributed by atoms with Gasteiger partial charge in [0.25, 0.3) is 0 Å². The number of rotatable bonds is 4. The van der Waals surface area contributed by atoms with Crippen LogP contribution in [0.3, 0.4) is 0 Å². The third-order valence-electron chi connectivity index (χ3n) is 3.53. The third kappa shape index (κ3) is 3.22. The lowest BCUT2D eigenvalue weighted by molar-refractivity contribution is 0.0987. The molecular weight excluding hydrogens is 284 g/mol. The fraction of sp³-hybridized carbons (Fsp3) is 0.235. The number of hydrogen-bond donors (Lipinski definition) is 1. The summed E-state index contributed by atoms with van der Waals surface area (Å²) in [5.41, 5.74) is 3.74. The van der Waals surface area contributed by atoms with Gasteiger partial charge in [0.15, 0.2) is 16.5 Å². The lowest BCUT2D eigenvalue weighted by atomic mass is 9.93. The predicted molar refractivity (Wildman–Crippen MR) is 84.5 cm³/mol. The Labute approximate surface area is 126 Å². The van der Waals surface area contributed by atoms with Crippen LogP contribution in [0.25, 0.3) is 0 Å². The minimum Gasteiger partial charge on any atom is -0.292 e. The highest BCUT2D eigenvalue weighted by atomic mass is 32.2. The van der Waals surface area contributed by atoms with Crippen molar-refractivity contribution in [1.29, 1.82) is 0 Å². The van der Waals surface area contributed by atoms with E-state index in [1.54, 1.807) is 30.3 Å². The first-order valence-corrected chi connectivity index (χ1v) is 7.97. The van der Waals surface area contributed by atoms with Crippen molar-refractivity contribution in [1.82, 2.24) is 0 Å². The number of carbonyl (C=O) groups excluding carboxylic acids is 1. The van der Waals surface area contributed by atoms with E-state index in [2.05, 4.69) is 0 Å². The van der Waals surface area contributed by atoms with E-state index < -0.39 is 16.0 Å². The molecule has 2 aromatic rings. The van der Waals surface area contributed by atoms with Gasteiger partial charge < -0.3 is 0 Å². The van der Waals surface area contributed by atoms with Crippen LogP contribution in [0.15, 0.2) is 42.5 Å². The third-order valence-corrected chi connectivity index (χ3v) is 4.44. The van der Waals surface area contributed by atoms with E-state index in [9.17, 15) is 13.2 Å². The van der Waals surface area contributed by atoms with Gasteiger partial charge >= 0.3 is 0 Å². The van der Waals surface area contributed by atoms with Crippen molar-refractivity contribution in [2.24, 2.45) is 0 Å². The molecule has 0 bridgehead atoms. The molecule has 1 unspecified atom stereocenters. The summed E-state index contributed by atoms with van der Waals surface area (Å²) >= 11 is 0. The Morgan fingerprint density at radius 3 is 1.95 bits per heavy atom. The SMILES string of the molecule is Cc1cc(C)c(C(C(=O)c2ccccc2)[SH](=O)=O)c(C)c1. The molecule has 0 saturated carbocycles. The zero-order valence-electron chi connectivity index (χ0n) is 12.3. The van der Waals surface area contributed by atoms with Crippen LogP contribution in [0.1, 0.15) is 37.9 Å². The minimum atomic E-state index is -2.89. The van der Waals surface area contributed by atoms with Gasteiger partial charge in [0, 0.05) is 5.56 Å². The Morgan fingerprint density at radius 2 is 1.48 bits per heavy atom. The van der Waals surface area contributed by atoms with Gasteiger partial charge in [0.1, 0.15) is 5.25 Å². The molecular formula is C17H18O3S. The van der Waals surface area contributed by atoms with Crippen LogP contribution in [0, 0.1) is 20.8 Å². The van der Waals surface area contributed by atoms with Crippen LogP contribution in [-0.2, 0) is 10.7 Å². The van der Waals surface area contributed by atoms with Gasteiger partial charge in [-0.3, -0.25) is 4.79 Å². The Morgan fingerprint density at radius 1 is 0.952 bits per heavy atom. The molecule has 1 atom stereocenters. The second kappa shape index (κ2) is 6.22. The molecule has 2 rings (SSSR count). The maximum absolute atomic E-state index is 12.6. The van der Waals surface area contributed by atoms with Crippen LogP contribution in [0.2, 0.25) is 0 Å². The number of benzene rings is 2. The monoisotopic (exact) mass is 302 g/mol. The molecule has 0 aliphatic heterocycles. The predicted octanol–water partition coefficient (Wildman–Crippen LogP) is 3.15. The number of carbonyl (C=O) groups is 1. The standard InChI is InChI=1S/C17H18O3S/c1-11-9-12(2)15(13(3)10-11)17(21(19)20)16(18)14-7-5-4-6-8-14/h4-10,17,21H,1-3H3. The van der Waals surface area contributed by atoms with E-state index in [-0.39, 0.29) is 5.78 Å². The van der Waals surface area contributed by atoms with Gasteiger partial charge in [0.2, 0.25) is 0 Å². The summed E-state index contributed by atoms with van der Waals surface area (Å²) in [7, 11) is -2.89. The zero-order valence-corrected chi connectivity index (χ0v) is 13.2. The molecule has 110 valence electrons. The van der Waals surface area contributed by atoms with Gasteiger partial charge in [-0.05, 0) is 37.5 Å². The lowest BCUT2D eigenvalue weighted by Gasteiger charge is -2.16. The summed E-state index contributed by atoms with van der Waals surface area (Å²) in [6.45, 7) is 5.65. The van der Waals surface area contributed by atoms with Crippen LogP contribution in [-0.4, -0.2) is 14.2 Å². The normalized spacial score (nSPS) is 12.4. The van der Waals surface area contributed by atoms with Gasteiger partial charge in [0.05, 0.1) is 0 Å². The minimum absolute atomic E-state index is 0.373. The maximum Gasteiger partial charge on any atom is 0.185 e. The number of hydrogen-bond acceptors (Lipinski definition) is 3. The lowest BCUT2D eigenvalue weighted by Crippen LogP contribution is -2.17. The van der Waals surface area contributed by atoms with Gasteiger partial charge in [-0.15, -0.1) is 0 Å². The number of aryl methyl sites for hydroxylation is 3. The molecule has 4 heteroatoms. The molecule has 0 amide bonds. The van der Waals surface area contributed by atoms with Gasteiger partial charge in [-0.1, -0.05) is 48.0 Å². The molecule has 0 saturated heterocycles. The first-order valence-electron chi connectivity index (χ1n) is 6.72. The van der Waals surface area contributed by atoms with Crippen molar-refractivity contribution in [3.8, 4) is 0 Å². The van der Waals surface area contributed by atoms with Gasteiger partial charge in [-0.2, -0.15) is 0 Å². The number of ketones is 1. The molecule has 0 heterocycles. The van der Waals surface area contributed by atoms with Crippen molar-refractivity contribution in [3.63, 3.8) is 0 Å². The molecule has 0 aliphatic carbocycles. The smallest absolute Gasteiger partial charge is 0.185 e. The molecule has 0 aliphatic rings. The van der Waals surface area contributed by atoms with Crippen LogP contribution in [0.5, 0.6) is 0 Å². The summed E-state index contributed by atoms with van der Waals surface area (Å²) < 4.78 is 23.4. The van der Waals surface area contributed by atoms with Crippen molar-refractivity contribution >= 4 is 16.5 Å². The van der Waals surface area contributed by atoms with E-state index in [1.807, 2.05) is 32.9 Å². The Balaban J connectivity index is 2.59. The highest BCUT2D eigenvalue weighted by Crippen LogP contribution is 2.29. The van der Waals surface area contributed by atoms with E-state index >= 15 is 0 Å². The molecule has 0 aromatic heterocycles. The fourth-order valence-electron chi connectivity index (χ4n) is 2.72. The van der Waals surface area contributed by atoms with Crippen LogP contribution >= 0.6 is 0 Å². The van der Waals surface area contributed by atoms with Crippen molar-refractivity contribution in [2.45, 2.75) is 26.0 Å². The van der Waals surface area contributed by atoms with E-state index in [0.717, 1.165) is 16.7 Å². The Hall–Kier alpha value is -1.94. The largest absolute Gasteiger partial charge is 0.292 e. The molecule has 0 radical (unpaired) electrons. The average molecular weight is 302 g/mol. The van der Waals surface area contributed by atoms with Crippen LogP contribution < -0.4 is 0 Å². The molecule has 0 fully saturated rings. The summed E-state index contributed by atoms with van der Waals surface area (Å²) in [4.78, 5) is 12.6. The van der Waals surface area contributed by atoms with E-state index in [4.69, 9.17) is 0 Å². The molecule has 0 N–H and O–H groups in total. The summed E-state index contributed by atoms with van der Waals surface area (Å²) in [6.07, 6.45) is 0. The van der Waals surface area contributed by atoms with Crippen LogP contribution in [0.4, 0.5) is 0 Å². The van der Waals surface area contributed by atoms with E-state index in [0.29, 0.717) is 11.1 Å². The Kier molecular flexibility index (Phi) is 4.58. The maximum atomic E-state index is 12.6. The summed E-state index contributed by atoms with van der Waals surface area (Å²) in [5, 5.41) is -1.12. The zero-order chi connectivity index (χ0) is 15.6. The quantitative estimate of drug-likeness (QED) is 0.697. The first-order chi connectivity index (χ1) is 9.91. The second-order valence-corrected chi connectivity index (χ2v) is 6.32.